The van der Waals surface area contributed by atoms with Gasteiger partial charge in [0, 0.05) is 24.2 Å². The molecule has 0 saturated heterocycles. The molecule has 130 valence electrons. The van der Waals surface area contributed by atoms with Gasteiger partial charge in [0.2, 0.25) is 0 Å². The van der Waals surface area contributed by atoms with Gasteiger partial charge < -0.3 is 9.72 Å². The molecule has 1 aromatic carbocycles. The standard InChI is InChI=1S/C18H15N5O3/c24-17-14(9-20-18(25)21-17)15-8-13(16-19-6-7-23(16)22-15)11-26-10-12-4-2-1-3-5-12/h1-9H,10-11H2,(H2,20,21,24,25). The molecule has 3 aromatic heterocycles. The third kappa shape index (κ3) is 3.17. The van der Waals surface area contributed by atoms with E-state index < -0.39 is 11.2 Å². The maximum atomic E-state index is 12.1. The molecular formula is C18H15N5O3. The van der Waals surface area contributed by atoms with Crippen molar-refractivity contribution in [3.8, 4) is 11.3 Å². The van der Waals surface area contributed by atoms with E-state index >= 15 is 0 Å². The van der Waals surface area contributed by atoms with Crippen molar-refractivity contribution in [2.45, 2.75) is 13.2 Å². The van der Waals surface area contributed by atoms with Crippen LogP contribution in [0.15, 0.2) is 64.6 Å². The lowest BCUT2D eigenvalue weighted by Gasteiger charge is -2.08. The van der Waals surface area contributed by atoms with E-state index in [1.807, 2.05) is 30.3 Å². The fourth-order valence-electron chi connectivity index (χ4n) is 2.67. The van der Waals surface area contributed by atoms with Crippen molar-refractivity contribution in [3.05, 3.63) is 87.0 Å². The number of aromatic amines is 2. The zero-order valence-electron chi connectivity index (χ0n) is 13.7. The van der Waals surface area contributed by atoms with Crippen LogP contribution in [0.2, 0.25) is 0 Å². The molecular weight excluding hydrogens is 334 g/mol. The van der Waals surface area contributed by atoms with Gasteiger partial charge in [-0.3, -0.25) is 9.78 Å². The minimum absolute atomic E-state index is 0.268. The smallest absolute Gasteiger partial charge is 0.325 e. The van der Waals surface area contributed by atoms with Gasteiger partial charge >= 0.3 is 5.69 Å². The maximum absolute atomic E-state index is 12.1. The summed E-state index contributed by atoms with van der Waals surface area (Å²) in [6, 6.07) is 11.6. The Morgan fingerprint density at radius 2 is 1.96 bits per heavy atom. The summed E-state index contributed by atoms with van der Waals surface area (Å²) >= 11 is 0. The Balaban J connectivity index is 1.66. The zero-order valence-corrected chi connectivity index (χ0v) is 13.7. The molecule has 4 aromatic rings. The van der Waals surface area contributed by atoms with Crippen LogP contribution in [0, 0.1) is 0 Å². The highest BCUT2D eigenvalue weighted by Gasteiger charge is 2.12. The largest absolute Gasteiger partial charge is 0.372 e. The lowest BCUT2D eigenvalue weighted by atomic mass is 10.2. The number of hydrogen-bond donors (Lipinski definition) is 2. The number of nitrogens with zero attached hydrogens (tertiary/aromatic N) is 3. The van der Waals surface area contributed by atoms with Crippen molar-refractivity contribution in [1.29, 1.82) is 0 Å². The summed E-state index contributed by atoms with van der Waals surface area (Å²) in [5, 5.41) is 4.38. The monoisotopic (exact) mass is 349 g/mol. The summed E-state index contributed by atoms with van der Waals surface area (Å²) in [4.78, 5) is 32.2. The number of imidazole rings is 1. The number of benzene rings is 1. The molecule has 0 spiro atoms. The molecule has 26 heavy (non-hydrogen) atoms. The third-order valence-corrected chi connectivity index (χ3v) is 3.90. The molecule has 8 nitrogen and oxygen atoms in total. The van der Waals surface area contributed by atoms with Crippen molar-refractivity contribution in [2.75, 3.05) is 0 Å². The van der Waals surface area contributed by atoms with E-state index in [2.05, 4.69) is 20.1 Å². The van der Waals surface area contributed by atoms with Gasteiger partial charge in [-0.2, -0.15) is 5.10 Å². The second kappa shape index (κ2) is 6.77. The predicted octanol–water partition coefficient (Wildman–Crippen LogP) is 1.49. The molecule has 0 atom stereocenters. The number of nitrogens with one attached hydrogen (secondary N) is 2. The van der Waals surface area contributed by atoms with E-state index in [9.17, 15) is 9.59 Å². The van der Waals surface area contributed by atoms with Crippen LogP contribution in [-0.4, -0.2) is 24.6 Å². The second-order valence-corrected chi connectivity index (χ2v) is 5.71. The SMILES string of the molecule is O=c1[nH]cc(-c2cc(COCc3ccccc3)c3nccn3n2)c(=O)[nH]1. The molecule has 0 bridgehead atoms. The van der Waals surface area contributed by atoms with Gasteiger partial charge in [0.25, 0.3) is 5.56 Å². The van der Waals surface area contributed by atoms with Crippen molar-refractivity contribution >= 4 is 5.65 Å². The first kappa shape index (κ1) is 16.0. The molecule has 0 amide bonds. The Hall–Kier alpha value is -3.52. The molecule has 0 unspecified atom stereocenters. The number of ether oxygens (including phenoxy) is 1. The quantitative estimate of drug-likeness (QED) is 0.568. The maximum Gasteiger partial charge on any atom is 0.325 e. The first-order valence-electron chi connectivity index (χ1n) is 7.98. The van der Waals surface area contributed by atoms with Crippen LogP contribution in [0.25, 0.3) is 16.9 Å². The first-order valence-corrected chi connectivity index (χ1v) is 7.98. The summed E-state index contributed by atoms with van der Waals surface area (Å²) in [6.45, 7) is 0.775. The van der Waals surface area contributed by atoms with Gasteiger partial charge in [-0.25, -0.2) is 14.3 Å². The van der Waals surface area contributed by atoms with Crippen LogP contribution in [0.4, 0.5) is 0 Å². The Bertz CT molecular complexity index is 1160. The average Bonchev–Trinajstić information content (AvgIpc) is 3.11. The Labute approximate surface area is 147 Å². The lowest BCUT2D eigenvalue weighted by Crippen LogP contribution is -2.23. The summed E-state index contributed by atoms with van der Waals surface area (Å²) in [6.07, 6.45) is 4.67. The molecule has 0 aliphatic carbocycles. The predicted molar refractivity (Wildman–Crippen MR) is 94.6 cm³/mol. The minimum atomic E-state index is -0.561. The van der Waals surface area contributed by atoms with E-state index in [4.69, 9.17) is 4.74 Å². The average molecular weight is 349 g/mol. The molecule has 0 saturated carbocycles. The molecule has 2 N–H and O–H groups in total. The van der Waals surface area contributed by atoms with Crippen LogP contribution in [0.1, 0.15) is 11.1 Å². The number of H-pyrrole nitrogens is 2. The lowest BCUT2D eigenvalue weighted by molar-refractivity contribution is 0.107. The summed E-state index contributed by atoms with van der Waals surface area (Å²) in [7, 11) is 0. The molecule has 8 heteroatoms. The van der Waals surface area contributed by atoms with Crippen molar-refractivity contribution in [3.63, 3.8) is 0 Å². The molecule has 4 rings (SSSR count). The fourth-order valence-corrected chi connectivity index (χ4v) is 2.67. The number of hydrogen-bond acceptors (Lipinski definition) is 5. The van der Waals surface area contributed by atoms with Gasteiger partial charge in [0.1, 0.15) is 0 Å². The van der Waals surface area contributed by atoms with Crippen LogP contribution in [0.3, 0.4) is 0 Å². The second-order valence-electron chi connectivity index (χ2n) is 5.71. The highest BCUT2D eigenvalue weighted by atomic mass is 16.5. The van der Waals surface area contributed by atoms with E-state index in [1.54, 1.807) is 23.0 Å². The van der Waals surface area contributed by atoms with E-state index in [0.717, 1.165) is 11.1 Å². The normalized spacial score (nSPS) is 11.1. The highest BCUT2D eigenvalue weighted by Crippen LogP contribution is 2.18. The van der Waals surface area contributed by atoms with Crippen LogP contribution >= 0.6 is 0 Å². The number of fused-ring (bicyclic) bond motifs is 1. The van der Waals surface area contributed by atoms with Crippen LogP contribution in [0.5, 0.6) is 0 Å². The van der Waals surface area contributed by atoms with Gasteiger partial charge in [-0.15, -0.1) is 0 Å². The first-order chi connectivity index (χ1) is 12.7. The van der Waals surface area contributed by atoms with Gasteiger partial charge in [0.05, 0.1) is 24.5 Å². The summed E-state index contributed by atoms with van der Waals surface area (Å²) < 4.78 is 7.38. The number of aromatic nitrogens is 5. The molecule has 0 fully saturated rings. The third-order valence-electron chi connectivity index (χ3n) is 3.90. The topological polar surface area (TPSA) is 105 Å². The van der Waals surface area contributed by atoms with Crippen LogP contribution < -0.4 is 11.2 Å². The number of rotatable bonds is 5. The molecule has 0 radical (unpaired) electrons. The van der Waals surface area contributed by atoms with Crippen LogP contribution in [-0.2, 0) is 18.0 Å². The Morgan fingerprint density at radius 3 is 2.77 bits per heavy atom. The summed E-state index contributed by atoms with van der Waals surface area (Å²) in [5.41, 5.74) is 2.14. The fraction of sp³-hybridized carbons (Fsp3) is 0.111. The van der Waals surface area contributed by atoms with E-state index in [0.29, 0.717) is 24.6 Å². The van der Waals surface area contributed by atoms with Gasteiger partial charge in [-0.1, -0.05) is 30.3 Å². The molecule has 0 aliphatic heterocycles. The minimum Gasteiger partial charge on any atom is -0.372 e. The van der Waals surface area contributed by atoms with E-state index in [1.165, 1.54) is 6.20 Å². The van der Waals surface area contributed by atoms with Crippen molar-refractivity contribution in [1.82, 2.24) is 24.6 Å². The molecule has 3 heterocycles. The Kier molecular flexibility index (Phi) is 4.16. The molecule has 0 aliphatic rings. The van der Waals surface area contributed by atoms with E-state index in [-0.39, 0.29) is 5.56 Å². The van der Waals surface area contributed by atoms with Gasteiger partial charge in [-0.05, 0) is 11.6 Å². The van der Waals surface area contributed by atoms with Crippen molar-refractivity contribution < 1.29 is 4.74 Å². The summed E-state index contributed by atoms with van der Waals surface area (Å²) in [5.74, 6) is 0. The zero-order chi connectivity index (χ0) is 17.9. The Morgan fingerprint density at radius 1 is 1.12 bits per heavy atom. The van der Waals surface area contributed by atoms with Gasteiger partial charge in [0.15, 0.2) is 5.65 Å². The highest BCUT2D eigenvalue weighted by molar-refractivity contribution is 5.61. The van der Waals surface area contributed by atoms with Crippen molar-refractivity contribution in [2.24, 2.45) is 0 Å².